The molecule has 0 fully saturated rings. The number of hydrogen-bond acceptors (Lipinski definition) is 1. The third-order valence-corrected chi connectivity index (χ3v) is 4.46. The molecular weight excluding hydrogens is 268 g/mol. The highest BCUT2D eigenvalue weighted by molar-refractivity contribution is 5.85. The maximum Gasteiger partial charge on any atom is 0.0485 e. The standard InChI is InChI=1S/C20H24N2/c1-4-7-18-16(3)22(20-9-6-5-8-19(18)20)13-12-17-11-10-15(2)21-14-17/h5-6,8-11,14H,4,7,12-13H2,1-3H3. The van der Waals surface area contributed by atoms with Crippen molar-refractivity contribution in [1.29, 1.82) is 0 Å². The van der Waals surface area contributed by atoms with E-state index in [2.05, 4.69) is 59.8 Å². The molecule has 0 aliphatic heterocycles. The lowest BCUT2D eigenvalue weighted by Gasteiger charge is -2.09. The number of pyridine rings is 1. The Morgan fingerprint density at radius 2 is 1.82 bits per heavy atom. The molecule has 0 aliphatic rings. The maximum atomic E-state index is 4.40. The van der Waals surface area contributed by atoms with Crippen LogP contribution < -0.4 is 0 Å². The van der Waals surface area contributed by atoms with Gasteiger partial charge in [-0.2, -0.15) is 0 Å². The molecule has 0 amide bonds. The summed E-state index contributed by atoms with van der Waals surface area (Å²) in [7, 11) is 0. The van der Waals surface area contributed by atoms with E-state index in [4.69, 9.17) is 0 Å². The van der Waals surface area contributed by atoms with Gasteiger partial charge in [-0.05, 0) is 49.9 Å². The van der Waals surface area contributed by atoms with Crippen LogP contribution >= 0.6 is 0 Å². The van der Waals surface area contributed by atoms with Crippen LogP contribution in [0.1, 0.15) is 35.9 Å². The first-order valence-corrected chi connectivity index (χ1v) is 8.19. The molecule has 0 aliphatic carbocycles. The van der Waals surface area contributed by atoms with Crippen LogP contribution in [0.2, 0.25) is 0 Å². The molecule has 0 spiro atoms. The van der Waals surface area contributed by atoms with Gasteiger partial charge in [0, 0.05) is 35.0 Å². The summed E-state index contributed by atoms with van der Waals surface area (Å²) >= 11 is 0. The fraction of sp³-hybridized carbons (Fsp3) is 0.350. The van der Waals surface area contributed by atoms with Gasteiger partial charge >= 0.3 is 0 Å². The topological polar surface area (TPSA) is 17.8 Å². The lowest BCUT2D eigenvalue weighted by molar-refractivity contribution is 0.695. The van der Waals surface area contributed by atoms with E-state index in [1.54, 1.807) is 0 Å². The zero-order chi connectivity index (χ0) is 15.5. The molecular formula is C20H24N2. The Morgan fingerprint density at radius 3 is 2.55 bits per heavy atom. The van der Waals surface area contributed by atoms with Crippen molar-refractivity contribution in [3.63, 3.8) is 0 Å². The number of aromatic nitrogens is 2. The Bertz CT molecular complexity index is 766. The molecule has 2 aromatic heterocycles. The van der Waals surface area contributed by atoms with Gasteiger partial charge in [0.05, 0.1) is 0 Å². The average molecular weight is 292 g/mol. The van der Waals surface area contributed by atoms with Crippen molar-refractivity contribution in [2.75, 3.05) is 0 Å². The van der Waals surface area contributed by atoms with Gasteiger partial charge in [0.1, 0.15) is 0 Å². The fourth-order valence-corrected chi connectivity index (χ4v) is 3.24. The summed E-state index contributed by atoms with van der Waals surface area (Å²) in [5.41, 5.74) is 6.68. The van der Waals surface area contributed by atoms with Crippen molar-refractivity contribution in [3.8, 4) is 0 Å². The predicted molar refractivity (Wildman–Crippen MR) is 93.3 cm³/mol. The van der Waals surface area contributed by atoms with Crippen molar-refractivity contribution in [3.05, 3.63) is 65.1 Å². The summed E-state index contributed by atoms with van der Waals surface area (Å²) in [6.45, 7) is 7.56. The number of para-hydroxylation sites is 1. The molecule has 3 aromatic rings. The van der Waals surface area contributed by atoms with E-state index in [9.17, 15) is 0 Å². The number of aryl methyl sites for hydroxylation is 4. The highest BCUT2D eigenvalue weighted by atomic mass is 15.0. The van der Waals surface area contributed by atoms with E-state index in [0.29, 0.717) is 0 Å². The van der Waals surface area contributed by atoms with E-state index in [-0.39, 0.29) is 0 Å². The van der Waals surface area contributed by atoms with Crippen LogP contribution in [0.15, 0.2) is 42.6 Å². The van der Waals surface area contributed by atoms with Crippen LogP contribution in [0, 0.1) is 13.8 Å². The molecule has 0 N–H and O–H groups in total. The first kappa shape index (κ1) is 14.8. The number of rotatable bonds is 5. The minimum absolute atomic E-state index is 1.01. The number of benzene rings is 1. The minimum Gasteiger partial charge on any atom is -0.344 e. The van der Waals surface area contributed by atoms with Crippen LogP contribution in [0.3, 0.4) is 0 Å². The molecule has 22 heavy (non-hydrogen) atoms. The second-order valence-electron chi connectivity index (χ2n) is 6.04. The summed E-state index contributed by atoms with van der Waals surface area (Å²) in [6.07, 6.45) is 5.38. The second kappa shape index (κ2) is 6.35. The van der Waals surface area contributed by atoms with Crippen molar-refractivity contribution < 1.29 is 0 Å². The summed E-state index contributed by atoms with van der Waals surface area (Å²) in [5.74, 6) is 0. The van der Waals surface area contributed by atoms with Gasteiger partial charge < -0.3 is 4.57 Å². The van der Waals surface area contributed by atoms with Gasteiger partial charge in [0.2, 0.25) is 0 Å². The third-order valence-electron chi connectivity index (χ3n) is 4.46. The van der Waals surface area contributed by atoms with Crippen LogP contribution in [0.4, 0.5) is 0 Å². The summed E-state index contributed by atoms with van der Waals surface area (Å²) in [4.78, 5) is 4.40. The molecule has 2 nitrogen and oxygen atoms in total. The minimum atomic E-state index is 1.01. The highest BCUT2D eigenvalue weighted by Gasteiger charge is 2.12. The smallest absolute Gasteiger partial charge is 0.0485 e. The van der Waals surface area contributed by atoms with Crippen molar-refractivity contribution in [2.45, 2.75) is 46.6 Å². The maximum absolute atomic E-state index is 4.40. The van der Waals surface area contributed by atoms with Crippen LogP contribution in [-0.4, -0.2) is 9.55 Å². The summed E-state index contributed by atoms with van der Waals surface area (Å²) in [6, 6.07) is 13.1. The average Bonchev–Trinajstić information content (AvgIpc) is 2.80. The van der Waals surface area contributed by atoms with Crippen LogP contribution in [0.5, 0.6) is 0 Å². The van der Waals surface area contributed by atoms with Gasteiger partial charge in [-0.1, -0.05) is 37.6 Å². The number of fused-ring (bicyclic) bond motifs is 1. The van der Waals surface area contributed by atoms with Gasteiger partial charge in [-0.3, -0.25) is 4.98 Å². The first-order valence-electron chi connectivity index (χ1n) is 8.19. The second-order valence-corrected chi connectivity index (χ2v) is 6.04. The van der Waals surface area contributed by atoms with Crippen molar-refractivity contribution in [1.82, 2.24) is 9.55 Å². The zero-order valence-corrected chi connectivity index (χ0v) is 13.8. The molecule has 0 atom stereocenters. The Kier molecular flexibility index (Phi) is 4.28. The van der Waals surface area contributed by atoms with Crippen LogP contribution in [-0.2, 0) is 19.4 Å². The molecule has 114 valence electrons. The fourth-order valence-electron chi connectivity index (χ4n) is 3.24. The monoisotopic (exact) mass is 292 g/mol. The molecule has 2 heteroatoms. The van der Waals surface area contributed by atoms with E-state index < -0.39 is 0 Å². The predicted octanol–water partition coefficient (Wildman–Crippen LogP) is 4.85. The summed E-state index contributed by atoms with van der Waals surface area (Å²) in [5, 5.41) is 1.42. The zero-order valence-electron chi connectivity index (χ0n) is 13.8. The third kappa shape index (κ3) is 2.78. The molecule has 3 rings (SSSR count). The van der Waals surface area contributed by atoms with Gasteiger partial charge in [0.15, 0.2) is 0 Å². The normalized spacial score (nSPS) is 11.2. The first-order chi connectivity index (χ1) is 10.7. The van der Waals surface area contributed by atoms with E-state index in [1.807, 2.05) is 13.1 Å². The molecule has 1 aromatic carbocycles. The highest BCUT2D eigenvalue weighted by Crippen LogP contribution is 2.27. The van der Waals surface area contributed by atoms with Crippen LogP contribution in [0.25, 0.3) is 10.9 Å². The quantitative estimate of drug-likeness (QED) is 0.657. The molecule has 0 bridgehead atoms. The Labute approximate surface area is 132 Å². The Morgan fingerprint density at radius 1 is 1.00 bits per heavy atom. The van der Waals surface area contributed by atoms with E-state index in [0.717, 1.165) is 25.1 Å². The summed E-state index contributed by atoms with van der Waals surface area (Å²) < 4.78 is 2.47. The molecule has 0 saturated heterocycles. The SMILES string of the molecule is CCCc1c(C)n(CCc2ccc(C)nc2)c2ccccc12. The number of hydrogen-bond donors (Lipinski definition) is 0. The Balaban J connectivity index is 1.93. The molecule has 0 unspecified atom stereocenters. The molecule has 0 saturated carbocycles. The lowest BCUT2D eigenvalue weighted by atomic mass is 10.1. The largest absolute Gasteiger partial charge is 0.344 e. The van der Waals surface area contributed by atoms with E-state index in [1.165, 1.54) is 34.1 Å². The Hall–Kier alpha value is -2.09. The van der Waals surface area contributed by atoms with Crippen molar-refractivity contribution in [2.24, 2.45) is 0 Å². The lowest BCUT2D eigenvalue weighted by Crippen LogP contribution is -2.04. The molecule has 2 heterocycles. The molecule has 0 radical (unpaired) electrons. The van der Waals surface area contributed by atoms with E-state index >= 15 is 0 Å². The van der Waals surface area contributed by atoms with Gasteiger partial charge in [-0.15, -0.1) is 0 Å². The van der Waals surface area contributed by atoms with Gasteiger partial charge in [0.25, 0.3) is 0 Å². The van der Waals surface area contributed by atoms with Gasteiger partial charge in [-0.25, -0.2) is 0 Å². The van der Waals surface area contributed by atoms with Crippen molar-refractivity contribution >= 4 is 10.9 Å². The number of nitrogens with zero attached hydrogens (tertiary/aromatic N) is 2.